The summed E-state index contributed by atoms with van der Waals surface area (Å²) in [6.45, 7) is 4.98. The van der Waals surface area contributed by atoms with Crippen LogP contribution < -0.4 is 9.62 Å². The molecule has 1 N–H and O–H groups in total. The molecule has 0 aliphatic carbocycles. The molecule has 10 heteroatoms. The molecule has 0 unspecified atom stereocenters. The molecular formula is C34H35ClFN3O4S. The van der Waals surface area contributed by atoms with Crippen molar-refractivity contribution in [1.82, 2.24) is 10.2 Å². The molecule has 4 aromatic carbocycles. The second-order valence-electron chi connectivity index (χ2n) is 10.5. The Kier molecular flexibility index (Phi) is 10.8. The van der Waals surface area contributed by atoms with Crippen molar-refractivity contribution in [3.05, 3.63) is 130 Å². The number of aryl methyl sites for hydroxylation is 1. The molecule has 230 valence electrons. The van der Waals surface area contributed by atoms with Crippen molar-refractivity contribution >= 4 is 39.1 Å². The fourth-order valence-corrected chi connectivity index (χ4v) is 6.49. The van der Waals surface area contributed by atoms with Gasteiger partial charge in [0.15, 0.2) is 0 Å². The normalized spacial score (nSPS) is 11.9. The summed E-state index contributed by atoms with van der Waals surface area (Å²) >= 11 is 6.41. The van der Waals surface area contributed by atoms with Crippen LogP contribution in [0.4, 0.5) is 10.1 Å². The number of halogens is 2. The second kappa shape index (κ2) is 14.5. The van der Waals surface area contributed by atoms with Crippen LogP contribution in [0.1, 0.15) is 29.2 Å². The minimum atomic E-state index is -4.26. The molecule has 0 radical (unpaired) electrons. The molecule has 2 amide bonds. The van der Waals surface area contributed by atoms with Gasteiger partial charge in [0.25, 0.3) is 10.0 Å². The molecule has 0 aliphatic rings. The van der Waals surface area contributed by atoms with Gasteiger partial charge in [0.2, 0.25) is 11.8 Å². The van der Waals surface area contributed by atoms with Crippen molar-refractivity contribution in [2.24, 2.45) is 0 Å². The summed E-state index contributed by atoms with van der Waals surface area (Å²) in [5.74, 6) is -1.45. The maximum atomic E-state index is 14.4. The number of rotatable bonds is 12. The molecule has 4 aromatic rings. The summed E-state index contributed by atoms with van der Waals surface area (Å²) < 4.78 is 43.1. The van der Waals surface area contributed by atoms with E-state index < -0.39 is 40.2 Å². The van der Waals surface area contributed by atoms with Gasteiger partial charge in [-0.2, -0.15) is 0 Å². The van der Waals surface area contributed by atoms with Crippen molar-refractivity contribution in [2.45, 2.75) is 44.7 Å². The Morgan fingerprint density at radius 1 is 0.864 bits per heavy atom. The van der Waals surface area contributed by atoms with E-state index in [1.165, 1.54) is 41.3 Å². The van der Waals surface area contributed by atoms with Crippen LogP contribution in [0.25, 0.3) is 0 Å². The van der Waals surface area contributed by atoms with Gasteiger partial charge in [-0.1, -0.05) is 77.8 Å². The van der Waals surface area contributed by atoms with Crippen LogP contribution in [-0.4, -0.2) is 44.3 Å². The Bertz CT molecular complexity index is 1700. The summed E-state index contributed by atoms with van der Waals surface area (Å²) in [6, 6.07) is 25.1. The van der Waals surface area contributed by atoms with E-state index in [0.29, 0.717) is 22.7 Å². The third kappa shape index (κ3) is 7.84. The monoisotopic (exact) mass is 635 g/mol. The molecular weight excluding hydrogens is 601 g/mol. The Labute approximate surface area is 263 Å². The van der Waals surface area contributed by atoms with Crippen LogP contribution in [0.2, 0.25) is 5.02 Å². The van der Waals surface area contributed by atoms with Crippen LogP contribution in [-0.2, 0) is 32.6 Å². The molecule has 0 bridgehead atoms. The summed E-state index contributed by atoms with van der Waals surface area (Å²) in [4.78, 5) is 29.3. The van der Waals surface area contributed by atoms with E-state index in [1.54, 1.807) is 44.2 Å². The summed E-state index contributed by atoms with van der Waals surface area (Å²) in [5, 5.41) is 3.16. The van der Waals surface area contributed by atoms with E-state index in [0.717, 1.165) is 15.4 Å². The van der Waals surface area contributed by atoms with E-state index in [1.807, 2.05) is 37.3 Å². The topological polar surface area (TPSA) is 86.8 Å². The smallest absolute Gasteiger partial charge is 0.264 e. The molecule has 44 heavy (non-hydrogen) atoms. The van der Waals surface area contributed by atoms with E-state index >= 15 is 0 Å². The van der Waals surface area contributed by atoms with Crippen molar-refractivity contribution in [3.63, 3.8) is 0 Å². The second-order valence-corrected chi connectivity index (χ2v) is 12.7. The number of anilines is 1. The third-order valence-electron chi connectivity index (χ3n) is 7.28. The Hall–Kier alpha value is -4.21. The number of sulfonamides is 1. The van der Waals surface area contributed by atoms with Crippen molar-refractivity contribution in [3.8, 4) is 0 Å². The maximum Gasteiger partial charge on any atom is 0.264 e. The predicted molar refractivity (Wildman–Crippen MR) is 171 cm³/mol. The first-order valence-corrected chi connectivity index (χ1v) is 16.0. The van der Waals surface area contributed by atoms with E-state index in [9.17, 15) is 22.4 Å². The molecule has 0 saturated heterocycles. The van der Waals surface area contributed by atoms with Crippen molar-refractivity contribution < 1.29 is 22.4 Å². The van der Waals surface area contributed by atoms with Gasteiger partial charge in [0.05, 0.1) is 10.6 Å². The number of hydrogen-bond acceptors (Lipinski definition) is 4. The van der Waals surface area contributed by atoms with Gasteiger partial charge in [0, 0.05) is 24.5 Å². The highest BCUT2D eigenvalue weighted by molar-refractivity contribution is 7.92. The number of carbonyl (C=O) groups is 2. The van der Waals surface area contributed by atoms with Crippen LogP contribution in [0.15, 0.2) is 102 Å². The van der Waals surface area contributed by atoms with Gasteiger partial charge in [-0.05, 0) is 73.9 Å². The zero-order valence-corrected chi connectivity index (χ0v) is 26.4. The molecule has 0 fully saturated rings. The van der Waals surface area contributed by atoms with Gasteiger partial charge < -0.3 is 10.2 Å². The molecule has 7 nitrogen and oxygen atoms in total. The Morgan fingerprint density at radius 2 is 1.52 bits per heavy atom. The van der Waals surface area contributed by atoms with Gasteiger partial charge in [0.1, 0.15) is 18.4 Å². The number of benzene rings is 4. The summed E-state index contributed by atoms with van der Waals surface area (Å²) in [5.41, 5.74) is 2.99. The number of nitrogens with one attached hydrogen (secondary N) is 1. The van der Waals surface area contributed by atoms with Crippen LogP contribution in [0.3, 0.4) is 0 Å². The fourth-order valence-electron chi connectivity index (χ4n) is 4.85. The number of likely N-dealkylation sites (N-methyl/N-ethyl adjacent to an activating group) is 1. The molecule has 0 aromatic heterocycles. The van der Waals surface area contributed by atoms with Crippen LogP contribution in [0.5, 0.6) is 0 Å². The van der Waals surface area contributed by atoms with Gasteiger partial charge in [-0.3, -0.25) is 13.9 Å². The first-order valence-electron chi connectivity index (χ1n) is 14.2. The van der Waals surface area contributed by atoms with E-state index in [2.05, 4.69) is 5.32 Å². The largest absolute Gasteiger partial charge is 0.355 e. The quantitative estimate of drug-likeness (QED) is 0.205. The van der Waals surface area contributed by atoms with Crippen molar-refractivity contribution in [1.29, 1.82) is 0 Å². The maximum absolute atomic E-state index is 14.4. The third-order valence-corrected chi connectivity index (χ3v) is 9.47. The summed E-state index contributed by atoms with van der Waals surface area (Å²) in [7, 11) is -4.26. The predicted octanol–water partition coefficient (Wildman–Crippen LogP) is 6.07. The highest BCUT2D eigenvalue weighted by Crippen LogP contribution is 2.31. The number of nitrogens with zero attached hydrogens (tertiary/aromatic N) is 2. The zero-order chi connectivity index (χ0) is 31.9. The van der Waals surface area contributed by atoms with Crippen LogP contribution in [0, 0.1) is 19.7 Å². The molecule has 0 spiro atoms. The number of amides is 2. The molecule has 0 saturated carbocycles. The Balaban J connectivity index is 1.82. The lowest BCUT2D eigenvalue weighted by molar-refractivity contribution is -0.140. The minimum Gasteiger partial charge on any atom is -0.355 e. The highest BCUT2D eigenvalue weighted by atomic mass is 35.5. The van der Waals surface area contributed by atoms with E-state index in [4.69, 9.17) is 11.6 Å². The van der Waals surface area contributed by atoms with Crippen LogP contribution >= 0.6 is 11.6 Å². The molecule has 0 aliphatic heterocycles. The van der Waals surface area contributed by atoms with Crippen molar-refractivity contribution in [2.75, 3.05) is 17.4 Å². The lowest BCUT2D eigenvalue weighted by Crippen LogP contribution is -2.53. The minimum absolute atomic E-state index is 0.00456. The summed E-state index contributed by atoms with van der Waals surface area (Å²) in [6.07, 6.45) is 0.181. The highest BCUT2D eigenvalue weighted by Gasteiger charge is 2.35. The number of carbonyl (C=O) groups excluding carboxylic acids is 2. The molecule has 0 heterocycles. The average molecular weight is 636 g/mol. The average Bonchev–Trinajstić information content (AvgIpc) is 3.01. The van der Waals surface area contributed by atoms with Gasteiger partial charge >= 0.3 is 0 Å². The molecule has 1 atom stereocenters. The molecule has 4 rings (SSSR count). The lowest BCUT2D eigenvalue weighted by atomic mass is 10.0. The van der Waals surface area contributed by atoms with Gasteiger partial charge in [-0.25, -0.2) is 12.8 Å². The first kappa shape index (κ1) is 32.7. The zero-order valence-electron chi connectivity index (χ0n) is 24.8. The SMILES string of the molecule is CCNC(=O)[C@@H](Cc1ccccc1)N(Cc1ccc(F)cc1)C(=O)CN(c1cccc(Cl)c1C)S(=O)(=O)c1ccc(C)cc1. The Morgan fingerprint density at radius 3 is 2.16 bits per heavy atom. The first-order chi connectivity index (χ1) is 21.0. The van der Waals surface area contributed by atoms with E-state index in [-0.39, 0.29) is 23.5 Å². The number of hydrogen-bond donors (Lipinski definition) is 1. The van der Waals surface area contributed by atoms with Gasteiger partial charge in [-0.15, -0.1) is 0 Å². The fraction of sp³-hybridized carbons (Fsp3) is 0.235. The standard InChI is InChI=1S/C34H35ClFN3O4S/c1-4-37-34(41)32(21-26-9-6-5-7-10-26)38(22-27-15-17-28(36)18-16-27)33(40)23-39(31-12-8-11-30(35)25(31)3)44(42,43)29-19-13-24(2)14-20-29/h5-20,32H,4,21-23H2,1-3H3,(H,37,41)/t32-/m1/s1. The lowest BCUT2D eigenvalue weighted by Gasteiger charge is -2.34.